The Morgan fingerprint density at radius 1 is 0.391 bits per heavy atom. The van der Waals surface area contributed by atoms with Crippen LogP contribution in [-0.2, 0) is 4.79 Å². The number of aromatic hydroxyl groups is 3. The van der Waals surface area contributed by atoms with Crippen molar-refractivity contribution >= 4 is 57.0 Å². The molecule has 6 aromatic carbocycles. The lowest BCUT2D eigenvalue weighted by Gasteiger charge is -2.26. The molecule has 0 fully saturated rings. The van der Waals surface area contributed by atoms with E-state index in [0.717, 1.165) is 39.8 Å². The molecule has 3 atom stereocenters. The van der Waals surface area contributed by atoms with Crippen LogP contribution in [0.15, 0.2) is 137 Å². The molecule has 0 aliphatic carbocycles. The third-order valence-corrected chi connectivity index (χ3v) is 16.9. The normalized spacial score (nSPS) is 15.6. The molecule has 0 saturated heterocycles. The number of rotatable bonds is 13. The van der Waals surface area contributed by atoms with Crippen molar-refractivity contribution in [3.8, 4) is 17.2 Å². The molecule has 480 valence electrons. The van der Waals surface area contributed by atoms with E-state index >= 15 is 0 Å². The lowest BCUT2D eigenvalue weighted by atomic mass is 9.97. The van der Waals surface area contributed by atoms with E-state index in [9.17, 15) is 48.9 Å². The standard InChI is InChI=1S/3C23H24N2O4.C3H7NO/c3*1-13-10-17-18(11-14(13)2)29-22-19(21(17)27)20(15-6-5-7-16(26)12-15)25(23(22)28)9-8-24(3)4;1-4(2)3-5/h3*5-7,10-12,20,26H,8-9H2,1-4H3;3H,1-2H3. The first-order valence-electron chi connectivity index (χ1n) is 30.2. The van der Waals surface area contributed by atoms with Gasteiger partial charge >= 0.3 is 0 Å². The molecular formula is C72H79N7O13. The zero-order valence-corrected chi connectivity index (χ0v) is 54.5. The Kier molecular flexibility index (Phi) is 19.7. The van der Waals surface area contributed by atoms with Crippen LogP contribution < -0.4 is 16.3 Å². The van der Waals surface area contributed by atoms with E-state index in [1.807, 2.05) is 153 Å². The zero-order chi connectivity index (χ0) is 66.9. The van der Waals surface area contributed by atoms with Gasteiger partial charge in [-0.15, -0.1) is 0 Å². The van der Waals surface area contributed by atoms with Crippen molar-refractivity contribution < 1.29 is 47.7 Å². The maximum atomic E-state index is 13.5. The molecule has 20 nitrogen and oxygen atoms in total. The van der Waals surface area contributed by atoms with Gasteiger partial charge in [0.1, 0.15) is 34.0 Å². The third kappa shape index (κ3) is 13.4. The van der Waals surface area contributed by atoms with Gasteiger partial charge in [0.15, 0.2) is 16.3 Å². The summed E-state index contributed by atoms with van der Waals surface area (Å²) >= 11 is 0. The molecule has 4 amide bonds. The Morgan fingerprint density at radius 2 is 0.630 bits per heavy atom. The highest BCUT2D eigenvalue weighted by molar-refractivity contribution is 6.01. The van der Waals surface area contributed by atoms with Crippen LogP contribution in [0.1, 0.15) is 117 Å². The third-order valence-electron chi connectivity index (χ3n) is 16.9. The summed E-state index contributed by atoms with van der Waals surface area (Å²) in [5, 5.41) is 31.4. The summed E-state index contributed by atoms with van der Waals surface area (Å²) in [6.07, 6.45) is 0.750. The molecule has 92 heavy (non-hydrogen) atoms. The number of hydrogen-bond acceptors (Lipinski definition) is 16. The maximum Gasteiger partial charge on any atom is 0.290 e. The fraction of sp³-hybridized carbons (Fsp3) is 0.319. The summed E-state index contributed by atoms with van der Waals surface area (Å²) < 4.78 is 18.0. The van der Waals surface area contributed by atoms with Crippen molar-refractivity contribution in [3.05, 3.63) is 224 Å². The summed E-state index contributed by atoms with van der Waals surface area (Å²) in [5.74, 6) is -0.339. The van der Waals surface area contributed by atoms with Gasteiger partial charge in [0.2, 0.25) is 23.7 Å². The number of fused-ring (bicyclic) bond motifs is 6. The Bertz CT molecular complexity index is 4100. The Balaban J connectivity index is 0.000000157. The van der Waals surface area contributed by atoms with Gasteiger partial charge in [0.25, 0.3) is 17.7 Å². The van der Waals surface area contributed by atoms with Crippen LogP contribution in [0, 0.1) is 41.5 Å². The minimum atomic E-state index is -0.591. The molecule has 9 aromatic rings. The van der Waals surface area contributed by atoms with Crippen LogP contribution >= 0.6 is 0 Å². The molecule has 0 radical (unpaired) electrons. The molecule has 3 aromatic heterocycles. The molecule has 0 saturated carbocycles. The highest BCUT2D eigenvalue weighted by Crippen LogP contribution is 2.42. The number of aryl methyl sites for hydroxylation is 6. The molecule has 0 bridgehead atoms. The number of phenols is 3. The number of carbonyl (C=O) groups is 4. The molecule has 3 aliphatic rings. The van der Waals surface area contributed by atoms with E-state index in [1.54, 1.807) is 83.4 Å². The van der Waals surface area contributed by atoms with Gasteiger partial charge in [-0.1, -0.05) is 36.4 Å². The van der Waals surface area contributed by atoms with E-state index < -0.39 is 18.1 Å². The molecule has 20 heteroatoms. The first-order valence-corrected chi connectivity index (χ1v) is 30.2. The summed E-state index contributed by atoms with van der Waals surface area (Å²) in [7, 11) is 15.0. The van der Waals surface area contributed by atoms with E-state index in [4.69, 9.17) is 13.3 Å². The topological polar surface area (TPSA) is 242 Å². The van der Waals surface area contributed by atoms with E-state index in [2.05, 4.69) is 0 Å². The summed E-state index contributed by atoms with van der Waals surface area (Å²) in [5.41, 5.74) is 9.75. The van der Waals surface area contributed by atoms with Crippen molar-refractivity contribution in [2.75, 3.05) is 95.6 Å². The van der Waals surface area contributed by atoms with E-state index in [1.165, 1.54) is 4.90 Å². The van der Waals surface area contributed by atoms with Gasteiger partial charge < -0.3 is 62.9 Å². The second-order valence-corrected chi connectivity index (χ2v) is 24.8. The maximum absolute atomic E-state index is 13.5. The van der Waals surface area contributed by atoms with Gasteiger partial charge in [0, 0.05) is 53.4 Å². The van der Waals surface area contributed by atoms with Crippen molar-refractivity contribution in [1.29, 1.82) is 0 Å². The lowest BCUT2D eigenvalue weighted by molar-refractivity contribution is -0.115. The SMILES string of the molecule is CN(C)C=O.Cc1cc2oc3c(c(=O)c2cc1C)C(c1cccc(O)c1)N(CCN(C)C)C3=O.Cc1cc2oc3c(c(=O)c2cc1C)C(c1cccc(O)c1)N(CCN(C)C)C3=O.Cc1cc2oc3c(c(=O)c2cc1C)C(c1cccc(O)c1)N(CCN(C)C)C3=O. The predicted octanol–water partition coefficient (Wildman–Crippen LogP) is 9.37. The van der Waals surface area contributed by atoms with Crippen LogP contribution in [0.3, 0.4) is 0 Å². The Hall–Kier alpha value is -9.89. The van der Waals surface area contributed by atoms with E-state index in [-0.39, 0.29) is 68.5 Å². The molecule has 0 spiro atoms. The van der Waals surface area contributed by atoms with Crippen molar-refractivity contribution in [3.63, 3.8) is 0 Å². The average Bonchev–Trinajstić information content (AvgIpc) is 1.58. The van der Waals surface area contributed by atoms with Gasteiger partial charge in [-0.2, -0.15) is 0 Å². The van der Waals surface area contributed by atoms with Crippen LogP contribution in [-0.4, -0.2) is 169 Å². The molecular weight excluding hydrogens is 1170 g/mol. The number of amides is 4. The number of nitrogens with zero attached hydrogens (tertiary/aromatic N) is 7. The fourth-order valence-corrected chi connectivity index (χ4v) is 11.6. The Labute approximate surface area is 533 Å². The smallest absolute Gasteiger partial charge is 0.290 e. The monoisotopic (exact) mass is 1250 g/mol. The Morgan fingerprint density at radius 3 is 0.848 bits per heavy atom. The molecule has 3 N–H and O–H groups in total. The van der Waals surface area contributed by atoms with Crippen LogP contribution in [0.25, 0.3) is 32.9 Å². The first kappa shape index (κ1) is 66.5. The highest BCUT2D eigenvalue weighted by Gasteiger charge is 2.45. The van der Waals surface area contributed by atoms with Crippen LogP contribution in [0.2, 0.25) is 0 Å². The largest absolute Gasteiger partial charge is 0.508 e. The summed E-state index contributed by atoms with van der Waals surface area (Å²) in [6.45, 7) is 14.9. The van der Waals surface area contributed by atoms with Gasteiger partial charge in [0.05, 0.1) is 51.0 Å². The number of hydrogen-bond donors (Lipinski definition) is 3. The second-order valence-electron chi connectivity index (χ2n) is 24.8. The highest BCUT2D eigenvalue weighted by atomic mass is 16.4. The molecule has 12 rings (SSSR count). The summed E-state index contributed by atoms with van der Waals surface area (Å²) in [6, 6.07) is 29.2. The van der Waals surface area contributed by atoms with Crippen molar-refractivity contribution in [1.82, 2.24) is 34.3 Å². The predicted molar refractivity (Wildman–Crippen MR) is 354 cm³/mol. The number of phenolic OH excluding ortho intramolecular Hbond substituents is 3. The van der Waals surface area contributed by atoms with Gasteiger partial charge in [-0.3, -0.25) is 33.6 Å². The van der Waals surface area contributed by atoms with E-state index in [0.29, 0.717) is 106 Å². The van der Waals surface area contributed by atoms with Crippen molar-refractivity contribution in [2.24, 2.45) is 0 Å². The fourth-order valence-electron chi connectivity index (χ4n) is 11.6. The van der Waals surface area contributed by atoms with Gasteiger partial charge in [-0.25, -0.2) is 0 Å². The van der Waals surface area contributed by atoms with Crippen molar-refractivity contribution in [2.45, 2.75) is 59.7 Å². The second kappa shape index (κ2) is 27.3. The number of benzene rings is 6. The number of carbonyl (C=O) groups excluding carboxylic acids is 4. The lowest BCUT2D eigenvalue weighted by Crippen LogP contribution is -2.35. The molecule has 3 unspecified atom stereocenters. The molecule has 6 heterocycles. The first-order chi connectivity index (χ1) is 43.6. The van der Waals surface area contributed by atoms with Crippen LogP contribution in [0.5, 0.6) is 17.2 Å². The quantitative estimate of drug-likeness (QED) is 0.0911. The minimum absolute atomic E-state index is 0.0904. The number of likely N-dealkylation sites (N-methyl/N-ethyl adjacent to an activating group) is 3. The molecule has 3 aliphatic heterocycles. The van der Waals surface area contributed by atoms with Crippen LogP contribution in [0.4, 0.5) is 0 Å². The summed E-state index contributed by atoms with van der Waals surface area (Å²) in [4.78, 5) is 102. The average molecular weight is 1250 g/mol. The minimum Gasteiger partial charge on any atom is -0.508 e. The van der Waals surface area contributed by atoms with Gasteiger partial charge in [-0.05, 0) is 207 Å². The zero-order valence-electron chi connectivity index (χ0n) is 54.5.